The number of amides is 2. The van der Waals surface area contributed by atoms with E-state index in [9.17, 15) is 27.9 Å². The Morgan fingerprint density at radius 3 is 2.75 bits per heavy atom. The van der Waals surface area contributed by atoms with Crippen LogP contribution in [0.1, 0.15) is 23.2 Å². The maximum Gasteiger partial charge on any atom is 0.471 e. The van der Waals surface area contributed by atoms with Crippen LogP contribution in [0, 0.1) is 5.92 Å². The van der Waals surface area contributed by atoms with Crippen molar-refractivity contribution in [2.45, 2.75) is 19.0 Å². The molecule has 0 bridgehead atoms. The third-order valence-corrected chi connectivity index (χ3v) is 4.04. The molecule has 0 saturated carbocycles. The van der Waals surface area contributed by atoms with E-state index in [2.05, 4.69) is 0 Å². The van der Waals surface area contributed by atoms with E-state index in [0.717, 1.165) is 0 Å². The SMILES string of the molecule is O=C(c1cc(Cl)ccc1O)N1CCCC(CNC(=O)C(F)(F)F)C1. The van der Waals surface area contributed by atoms with Gasteiger partial charge in [0.1, 0.15) is 5.75 Å². The maximum absolute atomic E-state index is 12.5. The molecule has 1 heterocycles. The zero-order valence-corrected chi connectivity index (χ0v) is 13.3. The predicted molar refractivity (Wildman–Crippen MR) is 80.8 cm³/mol. The molecule has 0 spiro atoms. The van der Waals surface area contributed by atoms with E-state index in [1.54, 1.807) is 0 Å². The van der Waals surface area contributed by atoms with E-state index in [1.807, 2.05) is 5.32 Å². The minimum Gasteiger partial charge on any atom is -0.507 e. The molecule has 132 valence electrons. The average Bonchev–Trinajstić information content (AvgIpc) is 2.53. The number of carbonyl (C=O) groups excluding carboxylic acids is 2. The third-order valence-electron chi connectivity index (χ3n) is 3.80. The molecule has 0 aromatic heterocycles. The Morgan fingerprint density at radius 1 is 1.38 bits per heavy atom. The quantitative estimate of drug-likeness (QED) is 0.866. The normalized spacial score (nSPS) is 18.3. The van der Waals surface area contributed by atoms with Crippen LogP contribution in [0.3, 0.4) is 0 Å². The number of likely N-dealkylation sites (tertiary alicyclic amines) is 1. The van der Waals surface area contributed by atoms with E-state index in [4.69, 9.17) is 11.6 Å². The second-order valence-electron chi connectivity index (χ2n) is 5.63. The molecule has 1 aromatic carbocycles. The first-order chi connectivity index (χ1) is 11.2. The van der Waals surface area contributed by atoms with Crippen LogP contribution in [0.2, 0.25) is 5.02 Å². The van der Waals surface area contributed by atoms with Gasteiger partial charge in [-0.15, -0.1) is 0 Å². The molecule has 1 aliphatic rings. The Balaban J connectivity index is 1.99. The van der Waals surface area contributed by atoms with Crippen LogP contribution in [0.25, 0.3) is 0 Å². The van der Waals surface area contributed by atoms with Gasteiger partial charge in [-0.1, -0.05) is 11.6 Å². The number of aromatic hydroxyl groups is 1. The first kappa shape index (κ1) is 18.4. The number of hydrogen-bond donors (Lipinski definition) is 2. The van der Waals surface area contributed by atoms with Crippen molar-refractivity contribution in [2.75, 3.05) is 19.6 Å². The lowest BCUT2D eigenvalue weighted by atomic mass is 9.97. The summed E-state index contributed by atoms with van der Waals surface area (Å²) in [5.41, 5.74) is 0.0440. The molecule has 1 unspecified atom stereocenters. The van der Waals surface area contributed by atoms with Crippen LogP contribution in [0.5, 0.6) is 5.75 Å². The molecule has 2 rings (SSSR count). The minimum atomic E-state index is -4.92. The van der Waals surface area contributed by atoms with Crippen LogP contribution in [-0.4, -0.2) is 47.6 Å². The molecule has 1 aliphatic heterocycles. The molecule has 2 amide bonds. The number of hydrogen-bond acceptors (Lipinski definition) is 3. The Labute approximate surface area is 141 Å². The van der Waals surface area contributed by atoms with Crippen molar-refractivity contribution < 1.29 is 27.9 Å². The van der Waals surface area contributed by atoms with Gasteiger partial charge < -0.3 is 15.3 Å². The number of carbonyl (C=O) groups is 2. The molecule has 2 N–H and O–H groups in total. The number of piperidine rings is 1. The number of halogens is 4. The van der Waals surface area contributed by atoms with E-state index in [-0.39, 0.29) is 30.3 Å². The second-order valence-corrected chi connectivity index (χ2v) is 6.07. The predicted octanol–water partition coefficient (Wildman–Crippen LogP) is 2.58. The van der Waals surface area contributed by atoms with Gasteiger partial charge in [0, 0.05) is 24.7 Å². The Bertz CT molecular complexity index is 637. The molecule has 0 aliphatic carbocycles. The lowest BCUT2D eigenvalue weighted by Crippen LogP contribution is -2.45. The highest BCUT2D eigenvalue weighted by molar-refractivity contribution is 6.31. The van der Waals surface area contributed by atoms with Crippen molar-refractivity contribution >= 4 is 23.4 Å². The molecule has 9 heteroatoms. The van der Waals surface area contributed by atoms with Gasteiger partial charge in [0.2, 0.25) is 0 Å². The molecule has 0 radical (unpaired) electrons. The summed E-state index contributed by atoms with van der Waals surface area (Å²) in [7, 11) is 0. The zero-order valence-electron chi connectivity index (χ0n) is 12.6. The molecular formula is C15H16ClF3N2O3. The molecule has 24 heavy (non-hydrogen) atoms. The van der Waals surface area contributed by atoms with Crippen molar-refractivity contribution in [1.82, 2.24) is 10.2 Å². The summed E-state index contributed by atoms with van der Waals surface area (Å²) in [4.78, 5) is 24.8. The van der Waals surface area contributed by atoms with Crippen molar-refractivity contribution in [3.63, 3.8) is 0 Å². The molecule has 1 atom stereocenters. The highest BCUT2D eigenvalue weighted by atomic mass is 35.5. The van der Waals surface area contributed by atoms with Crippen molar-refractivity contribution in [2.24, 2.45) is 5.92 Å². The largest absolute Gasteiger partial charge is 0.507 e. The summed E-state index contributed by atoms with van der Waals surface area (Å²) in [6, 6.07) is 4.09. The highest BCUT2D eigenvalue weighted by Gasteiger charge is 2.39. The summed E-state index contributed by atoms with van der Waals surface area (Å²) in [5, 5.41) is 11.9. The number of rotatable bonds is 3. The van der Waals surface area contributed by atoms with Gasteiger partial charge in [0.15, 0.2) is 0 Å². The van der Waals surface area contributed by atoms with E-state index < -0.39 is 18.0 Å². The Hall–Kier alpha value is -1.96. The van der Waals surface area contributed by atoms with E-state index >= 15 is 0 Å². The first-order valence-corrected chi connectivity index (χ1v) is 7.69. The lowest BCUT2D eigenvalue weighted by molar-refractivity contribution is -0.173. The summed E-state index contributed by atoms with van der Waals surface area (Å²) in [6.45, 7) is 0.459. The van der Waals surface area contributed by atoms with Gasteiger partial charge in [0.05, 0.1) is 5.56 Å². The molecule has 1 aromatic rings. The monoisotopic (exact) mass is 364 g/mol. The fourth-order valence-electron chi connectivity index (χ4n) is 2.60. The number of benzene rings is 1. The summed E-state index contributed by atoms with van der Waals surface area (Å²) in [6.07, 6.45) is -3.72. The molecule has 5 nitrogen and oxygen atoms in total. The molecule has 1 saturated heterocycles. The van der Waals surface area contributed by atoms with Gasteiger partial charge >= 0.3 is 12.1 Å². The van der Waals surface area contributed by atoms with Crippen LogP contribution in [0.4, 0.5) is 13.2 Å². The van der Waals surface area contributed by atoms with Gasteiger partial charge in [-0.25, -0.2) is 0 Å². The lowest BCUT2D eigenvalue weighted by Gasteiger charge is -2.33. The van der Waals surface area contributed by atoms with Crippen LogP contribution >= 0.6 is 11.6 Å². The smallest absolute Gasteiger partial charge is 0.471 e. The van der Waals surface area contributed by atoms with E-state index in [0.29, 0.717) is 24.4 Å². The van der Waals surface area contributed by atoms with Gasteiger partial charge in [-0.2, -0.15) is 13.2 Å². The number of phenols is 1. The molecule has 1 fully saturated rings. The summed E-state index contributed by atoms with van der Waals surface area (Å²) in [5.74, 6) is -2.92. The Morgan fingerprint density at radius 2 is 2.08 bits per heavy atom. The summed E-state index contributed by atoms with van der Waals surface area (Å²) >= 11 is 5.82. The average molecular weight is 365 g/mol. The minimum absolute atomic E-state index is 0.0440. The van der Waals surface area contributed by atoms with Gasteiger partial charge in [-0.3, -0.25) is 9.59 Å². The van der Waals surface area contributed by atoms with Crippen molar-refractivity contribution in [3.05, 3.63) is 28.8 Å². The second kappa shape index (κ2) is 7.29. The number of nitrogens with one attached hydrogen (secondary N) is 1. The highest BCUT2D eigenvalue weighted by Crippen LogP contribution is 2.25. The maximum atomic E-state index is 12.5. The van der Waals surface area contributed by atoms with Crippen molar-refractivity contribution in [3.8, 4) is 5.75 Å². The standard InChI is InChI=1S/C15H16ClF3N2O3/c16-10-3-4-12(22)11(6-10)13(23)21-5-1-2-9(8-21)7-20-14(24)15(17,18)19/h3-4,6,9,22H,1-2,5,7-8H2,(H,20,24). The number of nitrogens with zero attached hydrogens (tertiary/aromatic N) is 1. The van der Waals surface area contributed by atoms with Crippen LogP contribution in [0.15, 0.2) is 18.2 Å². The fourth-order valence-corrected chi connectivity index (χ4v) is 2.78. The fraction of sp³-hybridized carbons (Fsp3) is 0.467. The number of phenolic OH excluding ortho intramolecular Hbond substituents is 1. The van der Waals surface area contributed by atoms with Gasteiger partial charge in [-0.05, 0) is 37.0 Å². The summed E-state index contributed by atoms with van der Waals surface area (Å²) < 4.78 is 36.6. The van der Waals surface area contributed by atoms with Crippen molar-refractivity contribution in [1.29, 1.82) is 0 Å². The Kier molecular flexibility index (Phi) is 5.58. The molecular weight excluding hydrogens is 349 g/mol. The number of alkyl halides is 3. The first-order valence-electron chi connectivity index (χ1n) is 7.31. The van der Waals surface area contributed by atoms with E-state index in [1.165, 1.54) is 23.1 Å². The third kappa shape index (κ3) is 4.53. The topological polar surface area (TPSA) is 69.6 Å². The van der Waals surface area contributed by atoms with Crippen LogP contribution < -0.4 is 5.32 Å². The zero-order chi connectivity index (χ0) is 17.9. The van der Waals surface area contributed by atoms with Gasteiger partial charge in [0.25, 0.3) is 5.91 Å². The van der Waals surface area contributed by atoms with Crippen LogP contribution in [-0.2, 0) is 4.79 Å².